The molecule has 1 saturated heterocycles. The third kappa shape index (κ3) is 3.63. The van der Waals surface area contributed by atoms with Crippen LogP contribution in [0.15, 0.2) is 71.2 Å². The number of thiocarbonyl (C=S) groups is 1. The highest BCUT2D eigenvalue weighted by Gasteiger charge is 2.33. The van der Waals surface area contributed by atoms with Gasteiger partial charge in [0.15, 0.2) is 4.32 Å². The predicted molar refractivity (Wildman–Crippen MR) is 102 cm³/mol. The molecule has 1 fully saturated rings. The zero-order chi connectivity index (χ0) is 17.1. The van der Waals surface area contributed by atoms with Crippen molar-refractivity contribution in [2.24, 2.45) is 0 Å². The Morgan fingerprint density at radius 3 is 2.46 bits per heavy atom. The summed E-state index contributed by atoms with van der Waals surface area (Å²) in [6.45, 7) is 1.94. The van der Waals surface area contributed by atoms with Gasteiger partial charge in [0.25, 0.3) is 5.91 Å². The molecule has 2 aromatic carbocycles. The molecule has 24 heavy (non-hydrogen) atoms. The van der Waals surface area contributed by atoms with E-state index >= 15 is 0 Å². The van der Waals surface area contributed by atoms with E-state index in [-0.39, 0.29) is 11.7 Å². The van der Waals surface area contributed by atoms with Gasteiger partial charge >= 0.3 is 0 Å². The molecule has 0 radical (unpaired) electrons. The number of hydrogen-bond donors (Lipinski definition) is 0. The van der Waals surface area contributed by atoms with Crippen LogP contribution in [0.5, 0.6) is 0 Å². The van der Waals surface area contributed by atoms with Crippen LogP contribution in [0.3, 0.4) is 0 Å². The van der Waals surface area contributed by atoms with Crippen molar-refractivity contribution in [1.29, 1.82) is 0 Å². The van der Waals surface area contributed by atoms with Crippen LogP contribution in [0.25, 0.3) is 6.08 Å². The number of nitrogens with zero attached hydrogens (tertiary/aromatic N) is 1. The molecule has 0 aliphatic carbocycles. The van der Waals surface area contributed by atoms with E-state index in [0.29, 0.717) is 14.9 Å². The largest absolute Gasteiger partial charge is 0.270 e. The Balaban J connectivity index is 1.85. The molecule has 1 heterocycles. The fourth-order valence-electron chi connectivity index (χ4n) is 2.34. The van der Waals surface area contributed by atoms with Gasteiger partial charge in [-0.15, -0.1) is 0 Å². The summed E-state index contributed by atoms with van der Waals surface area (Å²) in [4.78, 5) is 14.6. The smallest absolute Gasteiger partial charge is 0.268 e. The molecular weight excluding hydrogens is 341 g/mol. The van der Waals surface area contributed by atoms with Crippen molar-refractivity contribution in [2.45, 2.75) is 6.92 Å². The van der Waals surface area contributed by atoms with E-state index in [2.05, 4.69) is 0 Å². The summed E-state index contributed by atoms with van der Waals surface area (Å²) in [6.07, 6.45) is 3.83. The molecule has 1 aliphatic heterocycles. The quantitative estimate of drug-likeness (QED) is 0.559. The van der Waals surface area contributed by atoms with E-state index in [1.165, 1.54) is 28.8 Å². The molecule has 0 spiro atoms. The van der Waals surface area contributed by atoms with Gasteiger partial charge in [0.1, 0.15) is 5.82 Å². The highest BCUT2D eigenvalue weighted by molar-refractivity contribution is 8.27. The summed E-state index contributed by atoms with van der Waals surface area (Å²) in [7, 11) is 0. The first-order chi connectivity index (χ1) is 11.5. The number of hydrogen-bond acceptors (Lipinski definition) is 3. The van der Waals surface area contributed by atoms with Crippen molar-refractivity contribution in [3.63, 3.8) is 0 Å². The number of rotatable bonds is 3. The van der Waals surface area contributed by atoms with Crippen LogP contribution in [-0.2, 0) is 4.79 Å². The maximum absolute atomic E-state index is 13.1. The Labute approximate surface area is 149 Å². The summed E-state index contributed by atoms with van der Waals surface area (Å²) in [5.74, 6) is -0.529. The van der Waals surface area contributed by atoms with Gasteiger partial charge in [-0.3, -0.25) is 9.69 Å². The van der Waals surface area contributed by atoms with Crippen molar-refractivity contribution < 1.29 is 9.18 Å². The lowest BCUT2D eigenvalue weighted by Crippen LogP contribution is -2.27. The van der Waals surface area contributed by atoms with Gasteiger partial charge in [-0.1, -0.05) is 60.4 Å². The summed E-state index contributed by atoms with van der Waals surface area (Å²) < 4.78 is 13.5. The van der Waals surface area contributed by atoms with Crippen molar-refractivity contribution >= 4 is 46.0 Å². The Morgan fingerprint density at radius 2 is 1.79 bits per heavy atom. The minimum absolute atomic E-state index is 0.183. The van der Waals surface area contributed by atoms with E-state index in [1.807, 2.05) is 49.4 Å². The third-order valence-electron chi connectivity index (χ3n) is 3.43. The molecular formula is C19H14FNOS2. The first-order valence-corrected chi connectivity index (χ1v) is 8.54. The maximum Gasteiger partial charge on any atom is 0.270 e. The fraction of sp³-hybridized carbons (Fsp3) is 0.0526. The second kappa shape index (κ2) is 7.11. The average molecular weight is 355 g/mol. The molecule has 0 N–H and O–H groups in total. The number of carbonyl (C=O) groups is 1. The first-order valence-electron chi connectivity index (χ1n) is 7.31. The van der Waals surface area contributed by atoms with E-state index < -0.39 is 0 Å². The van der Waals surface area contributed by atoms with E-state index in [0.717, 1.165) is 11.1 Å². The number of thioether (sulfide) groups is 1. The van der Waals surface area contributed by atoms with Crippen molar-refractivity contribution in [3.05, 3.63) is 82.5 Å². The Kier molecular flexibility index (Phi) is 4.92. The van der Waals surface area contributed by atoms with E-state index in [9.17, 15) is 9.18 Å². The van der Waals surface area contributed by atoms with Gasteiger partial charge in [0, 0.05) is 0 Å². The second-order valence-corrected chi connectivity index (χ2v) is 6.97. The van der Waals surface area contributed by atoms with Crippen LogP contribution in [0.4, 0.5) is 10.1 Å². The standard InChI is InChI=1S/C19H14FNOS2/c1-13(11-14-5-3-2-4-6-14)12-17-18(22)21(19(23)24-17)16-9-7-15(20)8-10-16/h2-12H,1H3/b13-11+,17-12-. The summed E-state index contributed by atoms with van der Waals surface area (Å²) in [5, 5.41) is 0. The van der Waals surface area contributed by atoms with Gasteiger partial charge in [0.05, 0.1) is 10.6 Å². The molecule has 0 bridgehead atoms. The first kappa shape index (κ1) is 16.6. The minimum atomic E-state index is -0.346. The summed E-state index contributed by atoms with van der Waals surface area (Å²) >= 11 is 6.56. The van der Waals surface area contributed by atoms with Gasteiger partial charge < -0.3 is 0 Å². The van der Waals surface area contributed by atoms with Crippen LogP contribution >= 0.6 is 24.0 Å². The molecule has 2 aromatic rings. The normalized spacial score (nSPS) is 17.0. The Hall–Kier alpha value is -2.24. The molecule has 0 saturated carbocycles. The molecule has 3 rings (SSSR count). The van der Waals surface area contributed by atoms with Crippen molar-refractivity contribution in [2.75, 3.05) is 4.90 Å². The monoisotopic (exact) mass is 355 g/mol. The molecule has 2 nitrogen and oxygen atoms in total. The number of halogens is 1. The number of anilines is 1. The lowest BCUT2D eigenvalue weighted by molar-refractivity contribution is -0.113. The Morgan fingerprint density at radius 1 is 1.12 bits per heavy atom. The van der Waals surface area contributed by atoms with Gasteiger partial charge in [-0.05, 0) is 48.4 Å². The van der Waals surface area contributed by atoms with Crippen LogP contribution < -0.4 is 4.90 Å². The van der Waals surface area contributed by atoms with Crippen molar-refractivity contribution in [3.8, 4) is 0 Å². The second-order valence-electron chi connectivity index (χ2n) is 5.29. The zero-order valence-electron chi connectivity index (χ0n) is 12.9. The molecule has 120 valence electrons. The maximum atomic E-state index is 13.1. The average Bonchev–Trinajstić information content (AvgIpc) is 2.83. The lowest BCUT2D eigenvalue weighted by atomic mass is 10.1. The fourth-order valence-corrected chi connectivity index (χ4v) is 3.69. The molecule has 0 unspecified atom stereocenters. The number of amides is 1. The topological polar surface area (TPSA) is 20.3 Å². The number of carbonyl (C=O) groups excluding carboxylic acids is 1. The van der Waals surface area contributed by atoms with Crippen LogP contribution in [0, 0.1) is 5.82 Å². The SMILES string of the molecule is CC(/C=C1\SC(=S)N(c2ccc(F)cc2)C1=O)=C\c1ccccc1. The van der Waals surface area contributed by atoms with Gasteiger partial charge in [-0.2, -0.15) is 0 Å². The Bertz CT molecular complexity index is 841. The molecule has 1 aliphatic rings. The molecule has 0 atom stereocenters. The number of allylic oxidation sites excluding steroid dienone is 2. The van der Waals surface area contributed by atoms with Crippen molar-refractivity contribution in [1.82, 2.24) is 0 Å². The van der Waals surface area contributed by atoms with Crippen LogP contribution in [0.1, 0.15) is 12.5 Å². The summed E-state index contributed by atoms with van der Waals surface area (Å²) in [6, 6.07) is 15.6. The molecule has 0 aromatic heterocycles. The minimum Gasteiger partial charge on any atom is -0.268 e. The van der Waals surface area contributed by atoms with Crippen LogP contribution in [0.2, 0.25) is 0 Å². The number of benzene rings is 2. The van der Waals surface area contributed by atoms with E-state index in [4.69, 9.17) is 12.2 Å². The highest BCUT2D eigenvalue weighted by Crippen LogP contribution is 2.35. The zero-order valence-corrected chi connectivity index (χ0v) is 14.5. The highest BCUT2D eigenvalue weighted by atomic mass is 32.2. The predicted octanol–water partition coefficient (Wildman–Crippen LogP) is 5.18. The lowest BCUT2D eigenvalue weighted by Gasteiger charge is -2.14. The molecule has 5 heteroatoms. The van der Waals surface area contributed by atoms with E-state index in [1.54, 1.807) is 12.1 Å². The molecule has 1 amide bonds. The third-order valence-corrected chi connectivity index (χ3v) is 4.73. The van der Waals surface area contributed by atoms with Gasteiger partial charge in [0.2, 0.25) is 0 Å². The summed E-state index contributed by atoms with van der Waals surface area (Å²) in [5.41, 5.74) is 2.60. The van der Waals surface area contributed by atoms with Crippen LogP contribution in [-0.4, -0.2) is 10.2 Å². The van der Waals surface area contributed by atoms with Gasteiger partial charge in [-0.25, -0.2) is 4.39 Å².